The van der Waals surface area contributed by atoms with E-state index in [0.29, 0.717) is 44.1 Å². The highest BCUT2D eigenvalue weighted by atomic mass is 35.5. The summed E-state index contributed by atoms with van der Waals surface area (Å²) in [5, 5.41) is 14.5. The zero-order valence-corrected chi connectivity index (χ0v) is 17.9. The van der Waals surface area contributed by atoms with Gasteiger partial charge < -0.3 is 10.5 Å². The summed E-state index contributed by atoms with van der Waals surface area (Å²) in [6.07, 6.45) is 1.87. The van der Waals surface area contributed by atoms with Gasteiger partial charge in [-0.2, -0.15) is 9.72 Å². The molecule has 152 valence electrons. The normalized spacial score (nSPS) is 14.7. The van der Waals surface area contributed by atoms with Crippen molar-refractivity contribution in [1.29, 1.82) is 0 Å². The third-order valence-electron chi connectivity index (χ3n) is 4.57. The molecule has 3 aromatic rings. The van der Waals surface area contributed by atoms with Crippen molar-refractivity contribution >= 4 is 57.9 Å². The Labute approximate surface area is 187 Å². The summed E-state index contributed by atoms with van der Waals surface area (Å²) >= 11 is 18.4. The number of rotatable bonds is 2. The quantitative estimate of drug-likeness (QED) is 0.499. The lowest BCUT2D eigenvalue weighted by Crippen LogP contribution is -2.20. The van der Waals surface area contributed by atoms with E-state index in [4.69, 9.17) is 34.8 Å². The number of halogens is 3. The number of nitrogens with zero attached hydrogens (tertiary/aromatic N) is 3. The van der Waals surface area contributed by atoms with Crippen LogP contribution in [0.3, 0.4) is 0 Å². The fraction of sp³-hybridized carbons (Fsp3) is 0.0952. The summed E-state index contributed by atoms with van der Waals surface area (Å²) in [7, 11) is 0. The van der Waals surface area contributed by atoms with Crippen molar-refractivity contribution in [3.05, 3.63) is 85.9 Å². The van der Waals surface area contributed by atoms with Crippen LogP contribution >= 0.6 is 34.8 Å². The molecule has 0 saturated heterocycles. The van der Waals surface area contributed by atoms with Crippen LogP contribution in [0.5, 0.6) is 0 Å². The van der Waals surface area contributed by atoms with Gasteiger partial charge in [0.25, 0.3) is 5.91 Å². The first-order valence-electron chi connectivity index (χ1n) is 8.90. The largest absolute Gasteiger partial charge is 0.427 e. The molecule has 0 saturated carbocycles. The van der Waals surface area contributed by atoms with Crippen LogP contribution in [0.1, 0.15) is 21.5 Å². The highest BCUT2D eigenvalue weighted by Crippen LogP contribution is 2.34. The number of hydrogen-bond acceptors (Lipinski definition) is 3. The molecule has 1 aromatic heterocycles. The van der Waals surface area contributed by atoms with Gasteiger partial charge in [0.15, 0.2) is 5.49 Å². The predicted octanol–water partition coefficient (Wildman–Crippen LogP) is 5.43. The van der Waals surface area contributed by atoms with E-state index in [-0.39, 0.29) is 5.49 Å². The van der Waals surface area contributed by atoms with Crippen LogP contribution in [0.15, 0.2) is 58.6 Å². The molecule has 2 heterocycles. The van der Waals surface area contributed by atoms with Crippen molar-refractivity contribution in [2.24, 2.45) is 9.98 Å². The van der Waals surface area contributed by atoms with E-state index in [1.807, 2.05) is 0 Å². The number of fused-ring (bicyclic) bond motifs is 1. The summed E-state index contributed by atoms with van der Waals surface area (Å²) in [6, 6.07) is 11.8. The first kappa shape index (κ1) is 20.5. The van der Waals surface area contributed by atoms with E-state index in [9.17, 15) is 10.0 Å². The fourth-order valence-electron chi connectivity index (χ4n) is 3.03. The molecule has 0 radical (unpaired) electrons. The first-order valence-corrected chi connectivity index (χ1v) is 10.0. The molecule has 1 amide bonds. The molecule has 0 unspecified atom stereocenters. The van der Waals surface area contributed by atoms with Crippen molar-refractivity contribution < 1.29 is 10.0 Å². The van der Waals surface area contributed by atoms with Crippen LogP contribution in [0, 0.1) is 6.92 Å². The molecular formula is C21H15Cl3N4O2. The number of aliphatic imine (C=N–C) groups is 1. The average Bonchev–Trinajstić information content (AvgIpc) is 3.10. The molecule has 0 aliphatic carbocycles. The maximum Gasteiger partial charge on any atom is 0.279 e. The Morgan fingerprint density at radius 3 is 2.57 bits per heavy atom. The lowest BCUT2D eigenvalue weighted by molar-refractivity contribution is 0.0987. The maximum atomic E-state index is 12.6. The molecular weight excluding hydrogens is 447 g/mol. The van der Waals surface area contributed by atoms with Crippen molar-refractivity contribution in [2.75, 3.05) is 5.32 Å². The monoisotopic (exact) mass is 460 g/mol. The third-order valence-corrected chi connectivity index (χ3v) is 5.59. The minimum absolute atomic E-state index is 0.0461. The van der Waals surface area contributed by atoms with Gasteiger partial charge in [0.1, 0.15) is 11.5 Å². The minimum atomic E-state index is -0.500. The van der Waals surface area contributed by atoms with Crippen molar-refractivity contribution in [3.63, 3.8) is 0 Å². The maximum absolute atomic E-state index is 12.6. The van der Waals surface area contributed by atoms with E-state index in [1.165, 1.54) is 12.3 Å². The number of para-hydroxylation sites is 1. The van der Waals surface area contributed by atoms with Crippen molar-refractivity contribution in [1.82, 2.24) is 4.73 Å². The molecule has 2 N–H and O–H groups in total. The van der Waals surface area contributed by atoms with Gasteiger partial charge in [-0.3, -0.25) is 4.79 Å². The summed E-state index contributed by atoms with van der Waals surface area (Å²) < 4.78 is 0.770. The minimum Gasteiger partial charge on any atom is -0.427 e. The molecule has 30 heavy (non-hydrogen) atoms. The van der Waals surface area contributed by atoms with Crippen molar-refractivity contribution in [3.8, 4) is 0 Å². The second-order valence-corrected chi connectivity index (χ2v) is 7.95. The van der Waals surface area contributed by atoms with Gasteiger partial charge in [0.05, 0.1) is 16.2 Å². The lowest BCUT2D eigenvalue weighted by Gasteiger charge is -2.04. The standard InChI is InChI=1S/C21H15Cl3N4O2/c1-11-10-28(30)19(9-16(11)24)27-21(29)12-5-6-17-13(7-12)8-18(25-17)26-20-14(22)3-2-4-15(20)23/h2-7,9-10,30H,8H2,1H3,(H,25,26). The van der Waals surface area contributed by atoms with Crippen LogP contribution in [0.4, 0.5) is 11.4 Å². The summed E-state index contributed by atoms with van der Waals surface area (Å²) in [4.78, 5) is 21.1. The average molecular weight is 462 g/mol. The Bertz CT molecular complexity index is 1260. The Hall–Kier alpha value is -2.80. The van der Waals surface area contributed by atoms with E-state index >= 15 is 0 Å². The van der Waals surface area contributed by atoms with Crippen LogP contribution in [0.25, 0.3) is 0 Å². The zero-order valence-electron chi connectivity index (χ0n) is 15.7. The van der Waals surface area contributed by atoms with E-state index in [2.05, 4.69) is 15.3 Å². The van der Waals surface area contributed by atoms with Gasteiger partial charge in [-0.05, 0) is 48.4 Å². The number of aryl methyl sites for hydroxylation is 1. The van der Waals surface area contributed by atoms with E-state index in [0.717, 1.165) is 16.0 Å². The van der Waals surface area contributed by atoms with Gasteiger partial charge in [-0.15, -0.1) is 0 Å². The number of benzene rings is 2. The molecule has 2 aromatic carbocycles. The molecule has 0 atom stereocenters. The molecule has 0 spiro atoms. The highest BCUT2D eigenvalue weighted by Gasteiger charge is 2.19. The lowest BCUT2D eigenvalue weighted by atomic mass is 10.1. The molecule has 9 heteroatoms. The highest BCUT2D eigenvalue weighted by molar-refractivity contribution is 6.39. The Morgan fingerprint density at radius 2 is 1.83 bits per heavy atom. The number of pyridine rings is 1. The van der Waals surface area contributed by atoms with Gasteiger partial charge in [0.2, 0.25) is 0 Å². The van der Waals surface area contributed by atoms with E-state index < -0.39 is 5.91 Å². The fourth-order valence-corrected chi connectivity index (χ4v) is 3.66. The van der Waals surface area contributed by atoms with Gasteiger partial charge >= 0.3 is 0 Å². The Balaban J connectivity index is 1.62. The zero-order chi connectivity index (χ0) is 21.4. The number of aromatic nitrogens is 1. The number of amides is 1. The number of carbonyl (C=O) groups excluding carboxylic acids is 1. The topological polar surface area (TPSA) is 79.0 Å². The first-order chi connectivity index (χ1) is 14.3. The van der Waals surface area contributed by atoms with Gasteiger partial charge in [-0.1, -0.05) is 40.9 Å². The summed E-state index contributed by atoms with van der Waals surface area (Å²) in [6.45, 7) is 1.74. The molecule has 1 aliphatic heterocycles. The predicted molar refractivity (Wildman–Crippen MR) is 119 cm³/mol. The molecule has 1 aliphatic rings. The van der Waals surface area contributed by atoms with Gasteiger partial charge in [0, 0.05) is 28.8 Å². The molecule has 0 fully saturated rings. The summed E-state index contributed by atoms with van der Waals surface area (Å²) in [5.74, 6) is 0.167. The Morgan fingerprint density at radius 1 is 1.10 bits per heavy atom. The van der Waals surface area contributed by atoms with Gasteiger partial charge in [-0.25, -0.2) is 4.99 Å². The molecule has 0 bridgehead atoms. The SMILES string of the molecule is Cc1cn(O)c(=NC(=O)c2ccc3c(c2)CC(=Nc2c(Cl)cccc2Cl)N3)cc1Cl. The number of anilines is 1. The number of nitrogens with one attached hydrogen (secondary N) is 1. The Kier molecular flexibility index (Phi) is 5.56. The van der Waals surface area contributed by atoms with Crippen molar-refractivity contribution in [2.45, 2.75) is 13.3 Å². The van der Waals surface area contributed by atoms with Crippen LogP contribution in [0.2, 0.25) is 15.1 Å². The van der Waals surface area contributed by atoms with E-state index in [1.54, 1.807) is 43.3 Å². The third kappa shape index (κ3) is 4.07. The number of carbonyl (C=O) groups is 1. The summed E-state index contributed by atoms with van der Waals surface area (Å²) in [5.41, 5.74) is 3.31. The molecule has 6 nitrogen and oxygen atoms in total. The number of hydrogen-bond donors (Lipinski definition) is 2. The number of amidine groups is 1. The smallest absolute Gasteiger partial charge is 0.279 e. The van der Waals surface area contributed by atoms with Crippen LogP contribution < -0.4 is 10.8 Å². The van der Waals surface area contributed by atoms with Crippen LogP contribution in [-0.4, -0.2) is 21.7 Å². The molecule has 4 rings (SSSR count). The second-order valence-electron chi connectivity index (χ2n) is 6.73. The van der Waals surface area contributed by atoms with Crippen LogP contribution in [-0.2, 0) is 6.42 Å². The second kappa shape index (κ2) is 8.14.